The highest BCUT2D eigenvalue weighted by Crippen LogP contribution is 2.22. The second-order valence-corrected chi connectivity index (χ2v) is 6.26. The molecule has 2 aliphatic heterocycles. The van der Waals surface area contributed by atoms with Gasteiger partial charge in [0.1, 0.15) is 0 Å². The van der Waals surface area contributed by atoms with E-state index in [1.807, 2.05) is 0 Å². The van der Waals surface area contributed by atoms with Crippen LogP contribution in [0.1, 0.15) is 36.8 Å². The van der Waals surface area contributed by atoms with Crippen molar-refractivity contribution in [3.8, 4) is 0 Å². The fraction of sp³-hybridized carbons (Fsp3) is 0.647. The van der Waals surface area contributed by atoms with Crippen LogP contribution in [0.3, 0.4) is 0 Å². The summed E-state index contributed by atoms with van der Waals surface area (Å²) in [7, 11) is 0. The van der Waals surface area contributed by atoms with Crippen molar-refractivity contribution < 1.29 is 0 Å². The van der Waals surface area contributed by atoms with Crippen LogP contribution in [0.2, 0.25) is 0 Å². The molecule has 0 saturated carbocycles. The van der Waals surface area contributed by atoms with Gasteiger partial charge in [-0.3, -0.25) is 9.80 Å². The molecule has 1 aromatic rings. The van der Waals surface area contributed by atoms with Gasteiger partial charge in [-0.15, -0.1) is 0 Å². The van der Waals surface area contributed by atoms with Crippen molar-refractivity contribution in [1.82, 2.24) is 9.80 Å². The summed E-state index contributed by atoms with van der Waals surface area (Å²) in [4.78, 5) is 5.41. The van der Waals surface area contributed by atoms with Gasteiger partial charge in [0.15, 0.2) is 0 Å². The predicted molar refractivity (Wildman–Crippen MR) is 80.3 cm³/mol. The Morgan fingerprint density at radius 2 is 2.00 bits per heavy atom. The highest BCUT2D eigenvalue weighted by Gasteiger charge is 2.26. The Kier molecular flexibility index (Phi) is 4.19. The van der Waals surface area contributed by atoms with Crippen LogP contribution >= 0.6 is 0 Å². The molecule has 3 rings (SSSR count). The van der Waals surface area contributed by atoms with E-state index in [0.717, 1.165) is 12.6 Å². The minimum Gasteiger partial charge on any atom is -0.299 e. The molecule has 2 aliphatic rings. The van der Waals surface area contributed by atoms with E-state index in [1.54, 1.807) is 0 Å². The predicted octanol–water partition coefficient (Wildman–Crippen LogP) is 3.06. The summed E-state index contributed by atoms with van der Waals surface area (Å²) in [6.45, 7) is 8.51. The minimum atomic E-state index is 0.820. The highest BCUT2D eigenvalue weighted by molar-refractivity contribution is 5.22. The van der Waals surface area contributed by atoms with Crippen LogP contribution in [-0.4, -0.2) is 42.0 Å². The van der Waals surface area contributed by atoms with Crippen molar-refractivity contribution in [2.45, 2.75) is 45.2 Å². The standard InChI is InChI=1S/C17H26N2/c1-15-6-4-7-16(12-15)13-18-9-5-11-19-10-3-2-8-17(19)14-18/h4,6-7,12,17H,2-3,5,8-11,13-14H2,1H3. The van der Waals surface area contributed by atoms with E-state index >= 15 is 0 Å². The zero-order chi connectivity index (χ0) is 13.1. The first-order valence-electron chi connectivity index (χ1n) is 7.83. The average Bonchev–Trinajstić information content (AvgIpc) is 2.60. The van der Waals surface area contributed by atoms with E-state index in [1.165, 1.54) is 63.0 Å². The summed E-state index contributed by atoms with van der Waals surface area (Å²) in [5.74, 6) is 0. The van der Waals surface area contributed by atoms with Gasteiger partial charge in [0, 0.05) is 19.1 Å². The van der Waals surface area contributed by atoms with Crippen molar-refractivity contribution in [1.29, 1.82) is 0 Å². The lowest BCUT2D eigenvalue weighted by atomic mass is 10.0. The van der Waals surface area contributed by atoms with Crippen molar-refractivity contribution in [3.63, 3.8) is 0 Å². The van der Waals surface area contributed by atoms with Crippen molar-refractivity contribution >= 4 is 0 Å². The maximum atomic E-state index is 2.74. The van der Waals surface area contributed by atoms with Gasteiger partial charge in [-0.1, -0.05) is 36.2 Å². The topological polar surface area (TPSA) is 6.48 Å². The zero-order valence-electron chi connectivity index (χ0n) is 12.1. The molecular formula is C17H26N2. The molecular weight excluding hydrogens is 232 g/mol. The molecule has 0 aliphatic carbocycles. The molecule has 19 heavy (non-hydrogen) atoms. The summed E-state index contributed by atoms with van der Waals surface area (Å²) < 4.78 is 0. The van der Waals surface area contributed by atoms with Crippen LogP contribution in [0, 0.1) is 6.92 Å². The Balaban J connectivity index is 1.64. The molecule has 0 radical (unpaired) electrons. The molecule has 0 N–H and O–H groups in total. The molecule has 2 nitrogen and oxygen atoms in total. The first-order chi connectivity index (χ1) is 9.31. The smallest absolute Gasteiger partial charge is 0.0234 e. The lowest BCUT2D eigenvalue weighted by molar-refractivity contribution is 0.135. The minimum absolute atomic E-state index is 0.820. The van der Waals surface area contributed by atoms with Gasteiger partial charge in [-0.05, 0) is 51.4 Å². The third kappa shape index (κ3) is 3.37. The second kappa shape index (κ2) is 6.06. The summed E-state index contributed by atoms with van der Waals surface area (Å²) in [6, 6.07) is 9.81. The Hall–Kier alpha value is -0.860. The largest absolute Gasteiger partial charge is 0.299 e. The lowest BCUT2D eigenvalue weighted by Gasteiger charge is -2.35. The first kappa shape index (κ1) is 13.1. The van der Waals surface area contributed by atoms with Gasteiger partial charge in [-0.2, -0.15) is 0 Å². The second-order valence-electron chi connectivity index (χ2n) is 6.26. The van der Waals surface area contributed by atoms with E-state index in [4.69, 9.17) is 0 Å². The number of nitrogens with zero attached hydrogens (tertiary/aromatic N) is 2. The van der Waals surface area contributed by atoms with Crippen LogP contribution in [0.5, 0.6) is 0 Å². The molecule has 0 amide bonds. The van der Waals surface area contributed by atoms with Gasteiger partial charge >= 0.3 is 0 Å². The maximum absolute atomic E-state index is 2.74. The Morgan fingerprint density at radius 3 is 2.89 bits per heavy atom. The number of piperidine rings is 1. The third-order valence-corrected chi connectivity index (χ3v) is 4.63. The summed E-state index contributed by atoms with van der Waals surface area (Å²) in [5, 5.41) is 0. The fourth-order valence-corrected chi connectivity index (χ4v) is 3.66. The van der Waals surface area contributed by atoms with Gasteiger partial charge in [0.2, 0.25) is 0 Å². The lowest BCUT2D eigenvalue weighted by Crippen LogP contribution is -2.43. The van der Waals surface area contributed by atoms with Gasteiger partial charge in [0.25, 0.3) is 0 Å². The summed E-state index contributed by atoms with van der Waals surface area (Å²) >= 11 is 0. The molecule has 0 bridgehead atoms. The number of hydrogen-bond donors (Lipinski definition) is 0. The maximum Gasteiger partial charge on any atom is 0.0234 e. The van der Waals surface area contributed by atoms with E-state index in [2.05, 4.69) is 41.0 Å². The van der Waals surface area contributed by atoms with E-state index in [9.17, 15) is 0 Å². The van der Waals surface area contributed by atoms with Crippen LogP contribution in [0.15, 0.2) is 24.3 Å². The van der Waals surface area contributed by atoms with E-state index in [0.29, 0.717) is 0 Å². The molecule has 2 saturated heterocycles. The van der Waals surface area contributed by atoms with Crippen LogP contribution < -0.4 is 0 Å². The molecule has 1 atom stereocenters. The van der Waals surface area contributed by atoms with Crippen LogP contribution in [0.4, 0.5) is 0 Å². The first-order valence-corrected chi connectivity index (χ1v) is 7.83. The molecule has 0 spiro atoms. The average molecular weight is 258 g/mol. The number of rotatable bonds is 2. The van der Waals surface area contributed by atoms with E-state index in [-0.39, 0.29) is 0 Å². The number of fused-ring (bicyclic) bond motifs is 1. The number of hydrogen-bond acceptors (Lipinski definition) is 2. The van der Waals surface area contributed by atoms with Crippen molar-refractivity contribution in [2.24, 2.45) is 0 Å². The number of aryl methyl sites for hydroxylation is 1. The van der Waals surface area contributed by atoms with Crippen molar-refractivity contribution in [3.05, 3.63) is 35.4 Å². The van der Waals surface area contributed by atoms with E-state index < -0.39 is 0 Å². The quantitative estimate of drug-likeness (QED) is 0.804. The Labute approximate surface area is 117 Å². The van der Waals surface area contributed by atoms with Crippen molar-refractivity contribution in [2.75, 3.05) is 26.2 Å². The fourth-order valence-electron chi connectivity index (χ4n) is 3.66. The van der Waals surface area contributed by atoms with Crippen LogP contribution in [0.25, 0.3) is 0 Å². The summed E-state index contributed by atoms with van der Waals surface area (Å²) in [5.41, 5.74) is 2.86. The molecule has 2 fully saturated rings. The third-order valence-electron chi connectivity index (χ3n) is 4.63. The van der Waals surface area contributed by atoms with Gasteiger partial charge in [-0.25, -0.2) is 0 Å². The normalized spacial score (nSPS) is 25.8. The molecule has 1 unspecified atom stereocenters. The molecule has 2 heteroatoms. The molecule has 2 heterocycles. The highest BCUT2D eigenvalue weighted by atomic mass is 15.2. The zero-order valence-corrected chi connectivity index (χ0v) is 12.1. The van der Waals surface area contributed by atoms with Gasteiger partial charge in [0.05, 0.1) is 0 Å². The SMILES string of the molecule is Cc1cccc(CN2CCCN3CCCCC3C2)c1. The molecule has 0 aromatic heterocycles. The molecule has 104 valence electrons. The summed E-state index contributed by atoms with van der Waals surface area (Å²) in [6.07, 6.45) is 5.58. The Bertz CT molecular complexity index is 415. The number of benzene rings is 1. The van der Waals surface area contributed by atoms with Crippen LogP contribution in [-0.2, 0) is 6.54 Å². The van der Waals surface area contributed by atoms with Gasteiger partial charge < -0.3 is 0 Å². The molecule has 1 aromatic carbocycles. The Morgan fingerprint density at radius 1 is 1.11 bits per heavy atom. The monoisotopic (exact) mass is 258 g/mol.